The van der Waals surface area contributed by atoms with Gasteiger partial charge in [0, 0.05) is 17.2 Å². The molecular weight excluding hydrogens is 675 g/mol. The van der Waals surface area contributed by atoms with Crippen molar-refractivity contribution < 1.29 is 33.7 Å². The Bertz CT molecular complexity index is 1940. The van der Waals surface area contributed by atoms with Crippen LogP contribution in [0.1, 0.15) is 48.0 Å². The molecule has 5 atom stereocenters. The Morgan fingerprint density at radius 1 is 0.940 bits per heavy atom. The number of para-hydroxylation sites is 1. The number of aliphatic hydroxyl groups excluding tert-OH is 1. The van der Waals surface area contributed by atoms with E-state index in [1.807, 2.05) is 72.8 Å². The Hall–Kier alpha value is -4.59. The molecule has 1 aromatic heterocycles. The van der Waals surface area contributed by atoms with Gasteiger partial charge in [-0.15, -0.1) is 11.3 Å². The van der Waals surface area contributed by atoms with E-state index >= 15 is 0 Å². The third-order valence-electron chi connectivity index (χ3n) is 8.84. The van der Waals surface area contributed by atoms with Gasteiger partial charge in [-0.05, 0) is 41.0 Å². The number of anilines is 1. The molecule has 50 heavy (non-hydrogen) atoms. The van der Waals surface area contributed by atoms with Crippen LogP contribution in [-0.4, -0.2) is 45.9 Å². The molecule has 1 unspecified atom stereocenters. The number of hydrogen-bond acceptors (Lipinski definition) is 10. The van der Waals surface area contributed by atoms with Gasteiger partial charge in [-0.25, -0.2) is 14.7 Å². The summed E-state index contributed by atoms with van der Waals surface area (Å²) in [5.74, 6) is -0.301. The lowest BCUT2D eigenvalue weighted by atomic mass is 9.91. The van der Waals surface area contributed by atoms with E-state index in [2.05, 4.69) is 18.3 Å². The molecule has 0 saturated carbocycles. The maximum absolute atomic E-state index is 13.2. The highest BCUT2D eigenvalue weighted by Gasteiger charge is 2.42. The van der Waals surface area contributed by atoms with Crippen LogP contribution in [0, 0.1) is 5.92 Å². The fourth-order valence-electron chi connectivity index (χ4n) is 6.08. The maximum atomic E-state index is 13.2. The number of carbonyl (C=O) groups excluding carboxylic acids is 3. The van der Waals surface area contributed by atoms with Crippen LogP contribution in [0.15, 0.2) is 107 Å². The van der Waals surface area contributed by atoms with Crippen LogP contribution in [-0.2, 0) is 37.0 Å². The standard InChI is InChI=1S/C38H35N3O7S2/c1-23-31(22-49-38-40-29-9-5-6-10-32(29)50-38)47-36(48-34(23)26-13-11-24(20-42)12-14-26)27-15-17-28(18-16-27)41-33(43)19-30(35(41)44)39-37(45)46-21-25-7-3-2-4-8-25/h2-18,23,30-31,34,36,42H,19-22H2,1H3,(H,39,45)/t23-,30?,31+,34+,36+/m1/s1. The average molecular weight is 710 g/mol. The number of hydrogen-bond donors (Lipinski definition) is 2. The monoisotopic (exact) mass is 709 g/mol. The van der Waals surface area contributed by atoms with Crippen molar-refractivity contribution in [3.05, 3.63) is 125 Å². The van der Waals surface area contributed by atoms with Crippen LogP contribution in [0.5, 0.6) is 0 Å². The molecule has 4 aromatic carbocycles. The molecule has 3 heterocycles. The second-order valence-corrected chi connectivity index (χ2v) is 14.5. The quantitative estimate of drug-likeness (QED) is 0.117. The molecule has 0 spiro atoms. The van der Waals surface area contributed by atoms with Gasteiger partial charge in [-0.1, -0.05) is 97.5 Å². The van der Waals surface area contributed by atoms with Crippen LogP contribution < -0.4 is 10.2 Å². The number of carbonyl (C=O) groups is 3. The van der Waals surface area contributed by atoms with E-state index in [9.17, 15) is 19.5 Å². The molecular formula is C38H35N3O7S2. The minimum absolute atomic E-state index is 0.00367. The highest BCUT2D eigenvalue weighted by molar-refractivity contribution is 8.01. The number of thiazole rings is 1. The smallest absolute Gasteiger partial charge is 0.408 e. The van der Waals surface area contributed by atoms with Crippen molar-refractivity contribution in [2.24, 2.45) is 5.92 Å². The van der Waals surface area contributed by atoms with Crippen molar-refractivity contribution in [3.63, 3.8) is 0 Å². The van der Waals surface area contributed by atoms with E-state index in [1.165, 1.54) is 0 Å². The second-order valence-electron chi connectivity index (χ2n) is 12.2. The summed E-state index contributed by atoms with van der Waals surface area (Å²) >= 11 is 3.31. The molecule has 7 rings (SSSR count). The van der Waals surface area contributed by atoms with E-state index in [-0.39, 0.29) is 37.8 Å². The Labute approximate surface area is 297 Å². The molecule has 12 heteroatoms. The normalized spacial score (nSPS) is 22.2. The lowest BCUT2D eigenvalue weighted by Crippen LogP contribution is -2.42. The minimum Gasteiger partial charge on any atom is -0.445 e. The number of thioether (sulfide) groups is 1. The van der Waals surface area contributed by atoms with Crippen molar-refractivity contribution in [2.75, 3.05) is 10.7 Å². The van der Waals surface area contributed by atoms with Crippen molar-refractivity contribution in [1.82, 2.24) is 10.3 Å². The number of rotatable bonds is 10. The summed E-state index contributed by atoms with van der Waals surface area (Å²) in [5.41, 5.74) is 4.68. The summed E-state index contributed by atoms with van der Waals surface area (Å²) in [6.45, 7) is 2.12. The summed E-state index contributed by atoms with van der Waals surface area (Å²) in [7, 11) is 0. The number of fused-ring (bicyclic) bond motifs is 1. The molecule has 0 aliphatic carbocycles. The number of alkyl carbamates (subject to hydrolysis) is 1. The van der Waals surface area contributed by atoms with Crippen LogP contribution >= 0.6 is 23.1 Å². The van der Waals surface area contributed by atoms with Crippen LogP contribution in [0.4, 0.5) is 10.5 Å². The molecule has 2 fully saturated rings. The van der Waals surface area contributed by atoms with Gasteiger partial charge in [0.2, 0.25) is 5.91 Å². The average Bonchev–Trinajstić information content (AvgIpc) is 3.69. The number of aromatic nitrogens is 1. The fraction of sp³-hybridized carbons (Fsp3) is 0.263. The summed E-state index contributed by atoms with van der Waals surface area (Å²) in [6.07, 6.45) is -2.14. The van der Waals surface area contributed by atoms with Crippen molar-refractivity contribution in [2.45, 2.75) is 55.4 Å². The Morgan fingerprint density at radius 2 is 1.66 bits per heavy atom. The molecule has 0 bridgehead atoms. The zero-order chi connectivity index (χ0) is 34.6. The number of nitrogens with zero attached hydrogens (tertiary/aromatic N) is 2. The first-order chi connectivity index (χ1) is 24.4. The van der Waals surface area contributed by atoms with E-state index in [0.29, 0.717) is 11.4 Å². The number of nitrogens with one attached hydrogen (secondary N) is 1. The highest BCUT2D eigenvalue weighted by atomic mass is 32.2. The SMILES string of the molecule is C[C@@H]1[C@H](CSc2nc3ccccc3s2)O[C@H](c2ccc(N3C(=O)CC(NC(=O)OCc4ccccc4)C3=O)cc2)O[C@@H]1c1ccc(CO)cc1. The lowest BCUT2D eigenvalue weighted by molar-refractivity contribution is -0.268. The third-order valence-corrected chi connectivity index (χ3v) is 11.1. The Balaban J connectivity index is 1.05. The highest BCUT2D eigenvalue weighted by Crippen LogP contribution is 2.44. The van der Waals surface area contributed by atoms with Crippen LogP contribution in [0.25, 0.3) is 10.2 Å². The summed E-state index contributed by atoms with van der Waals surface area (Å²) < 4.78 is 20.5. The van der Waals surface area contributed by atoms with Crippen molar-refractivity contribution >= 4 is 56.9 Å². The van der Waals surface area contributed by atoms with Crippen molar-refractivity contribution in [3.8, 4) is 0 Å². The molecule has 256 valence electrons. The van der Waals surface area contributed by atoms with Gasteiger partial charge in [0.05, 0.1) is 41.1 Å². The van der Waals surface area contributed by atoms with Gasteiger partial charge < -0.3 is 24.6 Å². The molecule has 2 N–H and O–H groups in total. The molecule has 2 saturated heterocycles. The largest absolute Gasteiger partial charge is 0.445 e. The first-order valence-electron chi connectivity index (χ1n) is 16.3. The second kappa shape index (κ2) is 15.1. The zero-order valence-electron chi connectivity index (χ0n) is 27.1. The van der Waals surface area contributed by atoms with Gasteiger partial charge in [-0.3, -0.25) is 9.59 Å². The van der Waals surface area contributed by atoms with Gasteiger partial charge in [-0.2, -0.15) is 0 Å². The Morgan fingerprint density at radius 3 is 2.40 bits per heavy atom. The summed E-state index contributed by atoms with van der Waals surface area (Å²) in [5, 5.41) is 12.1. The Kier molecular flexibility index (Phi) is 10.2. The maximum Gasteiger partial charge on any atom is 0.408 e. The number of amides is 3. The van der Waals surface area contributed by atoms with Gasteiger partial charge >= 0.3 is 6.09 Å². The number of benzene rings is 4. The van der Waals surface area contributed by atoms with E-state index in [1.54, 1.807) is 47.4 Å². The molecule has 5 aromatic rings. The van der Waals surface area contributed by atoms with Crippen LogP contribution in [0.3, 0.4) is 0 Å². The molecule has 10 nitrogen and oxygen atoms in total. The topological polar surface area (TPSA) is 127 Å². The van der Waals surface area contributed by atoms with E-state index in [4.69, 9.17) is 19.2 Å². The first kappa shape index (κ1) is 33.9. The van der Waals surface area contributed by atoms with E-state index in [0.717, 1.165) is 41.7 Å². The number of imide groups is 1. The molecule has 2 aliphatic rings. The van der Waals surface area contributed by atoms with Gasteiger partial charge in [0.15, 0.2) is 10.6 Å². The van der Waals surface area contributed by atoms with E-state index < -0.39 is 30.2 Å². The fourth-order valence-corrected chi connectivity index (χ4v) is 8.34. The number of ether oxygens (including phenoxy) is 3. The lowest BCUT2D eigenvalue weighted by Gasteiger charge is -2.41. The predicted molar refractivity (Wildman–Crippen MR) is 190 cm³/mol. The molecule has 0 radical (unpaired) electrons. The zero-order valence-corrected chi connectivity index (χ0v) is 28.8. The summed E-state index contributed by atoms with van der Waals surface area (Å²) in [4.78, 5) is 44.5. The number of aliphatic hydroxyl groups is 1. The van der Waals surface area contributed by atoms with Crippen LogP contribution in [0.2, 0.25) is 0 Å². The van der Waals surface area contributed by atoms with Crippen molar-refractivity contribution in [1.29, 1.82) is 0 Å². The predicted octanol–water partition coefficient (Wildman–Crippen LogP) is 6.93. The first-order valence-corrected chi connectivity index (χ1v) is 18.1. The van der Waals surface area contributed by atoms with Gasteiger partial charge in [0.1, 0.15) is 12.6 Å². The third kappa shape index (κ3) is 7.44. The minimum atomic E-state index is -1.02. The van der Waals surface area contributed by atoms with Gasteiger partial charge in [0.25, 0.3) is 5.91 Å². The molecule has 2 aliphatic heterocycles. The summed E-state index contributed by atoms with van der Waals surface area (Å²) in [6, 6.07) is 30.9. The molecule has 3 amide bonds.